The number of benzene rings is 3. The molecule has 0 saturated carbocycles. The van der Waals surface area contributed by atoms with E-state index < -0.39 is 5.97 Å². The van der Waals surface area contributed by atoms with Gasteiger partial charge in [0.15, 0.2) is 5.82 Å². The van der Waals surface area contributed by atoms with Gasteiger partial charge in [-0.25, -0.2) is 9.48 Å². The number of anilines is 1. The van der Waals surface area contributed by atoms with Crippen LogP contribution in [0.1, 0.15) is 28.5 Å². The number of nitrogens with zero attached hydrogens (tertiary/aromatic N) is 3. The van der Waals surface area contributed by atoms with E-state index in [1.165, 1.54) is 0 Å². The second-order valence-corrected chi connectivity index (χ2v) is 7.63. The molecule has 0 aliphatic heterocycles. The highest BCUT2D eigenvalue weighted by Crippen LogP contribution is 2.22. The lowest BCUT2D eigenvalue weighted by Crippen LogP contribution is -2.13. The summed E-state index contributed by atoms with van der Waals surface area (Å²) in [6.45, 7) is 2.95. The molecular weight excluding hydrogens is 428 g/mol. The summed E-state index contributed by atoms with van der Waals surface area (Å²) >= 11 is 6.08. The third-order valence-electron chi connectivity index (χ3n) is 5.02. The monoisotopic (exact) mass is 450 g/mol. The van der Waals surface area contributed by atoms with Crippen LogP contribution in [0.4, 0.5) is 5.82 Å². The fraction of sp³-hybridized carbons (Fsp3) is 0.208. The average Bonchev–Trinajstić information content (AvgIpc) is 3.20. The molecule has 0 spiro atoms. The summed E-state index contributed by atoms with van der Waals surface area (Å²) in [4.78, 5) is 12.4. The minimum Gasteiger partial charge on any atom is -0.497 e. The number of rotatable bonds is 8. The van der Waals surface area contributed by atoms with Crippen LogP contribution in [0.5, 0.6) is 5.75 Å². The zero-order valence-corrected chi connectivity index (χ0v) is 18.6. The fourth-order valence-electron chi connectivity index (χ4n) is 3.40. The number of hydrogen-bond acceptors (Lipinski definition) is 6. The summed E-state index contributed by atoms with van der Waals surface area (Å²) < 4.78 is 12.0. The number of hydrogen-bond donors (Lipinski definition) is 1. The van der Waals surface area contributed by atoms with Crippen LogP contribution in [0.2, 0.25) is 5.02 Å². The molecule has 0 aliphatic rings. The molecule has 0 aliphatic carbocycles. The van der Waals surface area contributed by atoms with E-state index in [-0.39, 0.29) is 12.3 Å². The third-order valence-corrected chi connectivity index (χ3v) is 5.26. The molecule has 0 saturated heterocycles. The molecule has 1 heterocycles. The molecule has 8 heteroatoms. The molecule has 0 fully saturated rings. The van der Waals surface area contributed by atoms with Gasteiger partial charge in [0.25, 0.3) is 0 Å². The van der Waals surface area contributed by atoms with Crippen LogP contribution in [-0.2, 0) is 17.8 Å². The zero-order chi connectivity index (χ0) is 22.5. The first-order valence-electron chi connectivity index (χ1n) is 10.2. The van der Waals surface area contributed by atoms with Crippen molar-refractivity contribution >= 4 is 34.2 Å². The van der Waals surface area contributed by atoms with Crippen LogP contribution in [0.15, 0.2) is 60.7 Å². The van der Waals surface area contributed by atoms with Gasteiger partial charge in [-0.2, -0.15) is 0 Å². The van der Waals surface area contributed by atoms with Gasteiger partial charge >= 0.3 is 5.97 Å². The van der Waals surface area contributed by atoms with Gasteiger partial charge in [-0.15, -0.1) is 5.10 Å². The van der Waals surface area contributed by atoms with Gasteiger partial charge in [0.1, 0.15) is 5.75 Å². The first-order valence-corrected chi connectivity index (χ1v) is 10.6. The van der Waals surface area contributed by atoms with E-state index >= 15 is 0 Å². The van der Waals surface area contributed by atoms with Gasteiger partial charge in [0, 0.05) is 11.6 Å². The Bertz CT molecular complexity index is 1240. The lowest BCUT2D eigenvalue weighted by Gasteiger charge is -2.12. The SMILES string of the molecule is CCOC(=O)c1nnn(Cc2ccc(OC)cc2)c1NCc1ccc2cc(Cl)ccc2c1. The summed E-state index contributed by atoms with van der Waals surface area (Å²) in [5.74, 6) is 0.773. The fourth-order valence-corrected chi connectivity index (χ4v) is 3.58. The Labute approximate surface area is 190 Å². The third kappa shape index (κ3) is 4.84. The number of fused-ring (bicyclic) bond motifs is 1. The molecule has 1 N–H and O–H groups in total. The smallest absolute Gasteiger partial charge is 0.362 e. The van der Waals surface area contributed by atoms with Crippen molar-refractivity contribution in [1.29, 1.82) is 0 Å². The molecule has 4 rings (SSSR count). The summed E-state index contributed by atoms with van der Waals surface area (Å²) in [5, 5.41) is 14.4. The minimum absolute atomic E-state index is 0.160. The topological polar surface area (TPSA) is 78.3 Å². The number of aromatic nitrogens is 3. The van der Waals surface area contributed by atoms with E-state index in [1.807, 2.05) is 54.6 Å². The second kappa shape index (κ2) is 9.70. The van der Waals surface area contributed by atoms with E-state index in [4.69, 9.17) is 21.1 Å². The predicted octanol–water partition coefficient (Wildman–Crippen LogP) is 4.93. The standard InChI is InChI=1S/C24H23ClN4O3/c1-3-32-24(30)22-23(29(28-27-22)15-16-5-10-21(31-2)11-6-16)26-14-17-4-7-19-13-20(25)9-8-18(19)12-17/h4-13,26H,3,14-15H2,1-2H3. The molecule has 0 unspecified atom stereocenters. The molecule has 0 bridgehead atoms. The highest BCUT2D eigenvalue weighted by molar-refractivity contribution is 6.31. The molecule has 0 atom stereocenters. The quantitative estimate of drug-likeness (QED) is 0.383. The number of esters is 1. The lowest BCUT2D eigenvalue weighted by atomic mass is 10.1. The van der Waals surface area contributed by atoms with Crippen molar-refractivity contribution in [2.75, 3.05) is 19.0 Å². The molecule has 0 radical (unpaired) electrons. The number of carbonyl (C=O) groups excluding carboxylic acids is 1. The van der Waals surface area contributed by atoms with Crippen molar-refractivity contribution in [2.24, 2.45) is 0 Å². The first kappa shape index (κ1) is 21.6. The van der Waals surface area contributed by atoms with Crippen LogP contribution in [0.3, 0.4) is 0 Å². The summed E-state index contributed by atoms with van der Waals surface area (Å²) in [6.07, 6.45) is 0. The number of halogens is 1. The normalized spacial score (nSPS) is 10.8. The Balaban J connectivity index is 1.59. The van der Waals surface area contributed by atoms with Gasteiger partial charge in [-0.3, -0.25) is 0 Å². The van der Waals surface area contributed by atoms with Crippen molar-refractivity contribution in [3.63, 3.8) is 0 Å². The molecule has 3 aromatic carbocycles. The Hall–Kier alpha value is -3.58. The Kier molecular flexibility index (Phi) is 6.56. The number of carbonyl (C=O) groups is 1. The number of methoxy groups -OCH3 is 1. The molecule has 4 aromatic rings. The Morgan fingerprint density at radius 2 is 1.75 bits per heavy atom. The Morgan fingerprint density at radius 1 is 1.03 bits per heavy atom. The maximum Gasteiger partial charge on any atom is 0.362 e. The van der Waals surface area contributed by atoms with E-state index in [2.05, 4.69) is 21.7 Å². The highest BCUT2D eigenvalue weighted by atomic mass is 35.5. The van der Waals surface area contributed by atoms with E-state index in [9.17, 15) is 4.79 Å². The molecular formula is C24H23ClN4O3. The number of nitrogens with one attached hydrogen (secondary N) is 1. The van der Waals surface area contributed by atoms with E-state index in [0.717, 1.165) is 27.6 Å². The number of ether oxygens (including phenoxy) is 2. The van der Waals surface area contributed by atoms with Crippen LogP contribution in [-0.4, -0.2) is 34.7 Å². The van der Waals surface area contributed by atoms with Crippen molar-refractivity contribution in [3.8, 4) is 5.75 Å². The molecule has 32 heavy (non-hydrogen) atoms. The molecule has 0 amide bonds. The molecule has 1 aromatic heterocycles. The van der Waals surface area contributed by atoms with Gasteiger partial charge in [-0.05, 0) is 59.2 Å². The van der Waals surface area contributed by atoms with Gasteiger partial charge < -0.3 is 14.8 Å². The summed E-state index contributed by atoms with van der Waals surface area (Å²) in [5.41, 5.74) is 2.21. The van der Waals surface area contributed by atoms with E-state index in [0.29, 0.717) is 23.9 Å². The highest BCUT2D eigenvalue weighted by Gasteiger charge is 2.21. The van der Waals surface area contributed by atoms with Crippen LogP contribution < -0.4 is 10.1 Å². The predicted molar refractivity (Wildman–Crippen MR) is 124 cm³/mol. The van der Waals surface area contributed by atoms with Crippen LogP contribution in [0, 0.1) is 0 Å². The van der Waals surface area contributed by atoms with Crippen molar-refractivity contribution < 1.29 is 14.3 Å². The van der Waals surface area contributed by atoms with Crippen LogP contribution >= 0.6 is 11.6 Å². The largest absolute Gasteiger partial charge is 0.497 e. The minimum atomic E-state index is -0.510. The Morgan fingerprint density at radius 3 is 2.50 bits per heavy atom. The maximum absolute atomic E-state index is 12.4. The molecule has 7 nitrogen and oxygen atoms in total. The second-order valence-electron chi connectivity index (χ2n) is 7.19. The van der Waals surface area contributed by atoms with Crippen LogP contribution in [0.25, 0.3) is 10.8 Å². The lowest BCUT2D eigenvalue weighted by molar-refractivity contribution is 0.0520. The van der Waals surface area contributed by atoms with Crippen molar-refractivity contribution in [2.45, 2.75) is 20.0 Å². The van der Waals surface area contributed by atoms with Gasteiger partial charge in [-0.1, -0.05) is 47.1 Å². The van der Waals surface area contributed by atoms with Crippen molar-refractivity contribution in [1.82, 2.24) is 15.0 Å². The van der Waals surface area contributed by atoms with E-state index in [1.54, 1.807) is 18.7 Å². The van der Waals surface area contributed by atoms with Crippen molar-refractivity contribution in [3.05, 3.63) is 82.5 Å². The summed E-state index contributed by atoms with van der Waals surface area (Å²) in [6, 6.07) is 19.6. The summed E-state index contributed by atoms with van der Waals surface area (Å²) in [7, 11) is 1.63. The average molecular weight is 451 g/mol. The van der Waals surface area contributed by atoms with Gasteiger partial charge in [0.05, 0.1) is 20.3 Å². The maximum atomic E-state index is 12.4. The van der Waals surface area contributed by atoms with Gasteiger partial charge in [0.2, 0.25) is 5.69 Å². The molecule has 164 valence electrons. The first-order chi connectivity index (χ1) is 15.6. The zero-order valence-electron chi connectivity index (χ0n) is 17.8.